The van der Waals surface area contributed by atoms with E-state index in [-0.39, 0.29) is 13.2 Å². The first-order valence-corrected chi connectivity index (χ1v) is 10.8. The topological polar surface area (TPSA) is 72.4 Å². The lowest BCUT2D eigenvalue weighted by Crippen LogP contribution is -2.34. The van der Waals surface area contributed by atoms with E-state index in [1.54, 1.807) is 36.4 Å². The number of aliphatic hydroxyl groups excluding tert-OH is 1. The van der Waals surface area contributed by atoms with Crippen LogP contribution in [0.1, 0.15) is 5.56 Å². The van der Waals surface area contributed by atoms with E-state index in [4.69, 9.17) is 4.42 Å². The lowest BCUT2D eigenvalue weighted by atomic mass is 9.95. The minimum absolute atomic E-state index is 0.0993. The molecule has 0 amide bonds. The minimum atomic E-state index is -4.41. The molecule has 6 aromatic rings. The molecule has 0 fully saturated rings. The van der Waals surface area contributed by atoms with Crippen LogP contribution in [0.3, 0.4) is 0 Å². The third-order valence-electron chi connectivity index (χ3n) is 6.43. The van der Waals surface area contributed by atoms with Crippen molar-refractivity contribution in [1.82, 2.24) is 4.57 Å². The van der Waals surface area contributed by atoms with Gasteiger partial charge in [-0.1, -0.05) is 24.3 Å². The van der Waals surface area contributed by atoms with Crippen LogP contribution in [-0.4, -0.2) is 16.3 Å². The van der Waals surface area contributed by atoms with E-state index in [1.165, 1.54) is 12.1 Å². The molecule has 4 aromatic carbocycles. The first kappa shape index (κ1) is 21.4. The largest absolute Gasteiger partial charge is 0.456 e. The van der Waals surface area contributed by atoms with Gasteiger partial charge in [0.25, 0.3) is 11.1 Å². The Hall–Kier alpha value is -4.17. The number of fused-ring (bicyclic) bond motifs is 2. The average molecular weight is 475 g/mol. The lowest BCUT2D eigenvalue weighted by molar-refractivity contribution is -0.137. The third kappa shape index (κ3) is 3.14. The summed E-state index contributed by atoms with van der Waals surface area (Å²) in [5, 5.41) is 12.6. The SMILES string of the molecule is O=c1c2ccc3oc4ccc(-c5ccc(C(F)(F)F)cc5)cc4c4ccc(c(=O)n1CCO)c2c34. The molecular weight excluding hydrogens is 459 g/mol. The number of alkyl halides is 3. The molecule has 0 aliphatic heterocycles. The number of halogens is 3. The van der Waals surface area contributed by atoms with Crippen molar-refractivity contribution < 1.29 is 22.7 Å². The van der Waals surface area contributed by atoms with Crippen molar-refractivity contribution in [2.45, 2.75) is 12.7 Å². The highest BCUT2D eigenvalue weighted by Gasteiger charge is 2.30. The molecule has 2 aromatic heterocycles. The summed E-state index contributed by atoms with van der Waals surface area (Å²) in [5.41, 5.74) is 0.693. The van der Waals surface area contributed by atoms with Crippen LogP contribution in [0.5, 0.6) is 0 Å². The van der Waals surface area contributed by atoms with Gasteiger partial charge >= 0.3 is 6.18 Å². The van der Waals surface area contributed by atoms with Crippen LogP contribution in [0.25, 0.3) is 54.6 Å². The molecule has 8 heteroatoms. The highest BCUT2D eigenvalue weighted by Crippen LogP contribution is 2.38. The van der Waals surface area contributed by atoms with Crippen molar-refractivity contribution in [2.75, 3.05) is 6.61 Å². The van der Waals surface area contributed by atoms with Crippen molar-refractivity contribution in [3.05, 3.63) is 93.0 Å². The molecule has 35 heavy (non-hydrogen) atoms. The second-order valence-corrected chi connectivity index (χ2v) is 8.40. The van der Waals surface area contributed by atoms with Gasteiger partial charge in [-0.2, -0.15) is 13.2 Å². The minimum Gasteiger partial charge on any atom is -0.456 e. The zero-order valence-electron chi connectivity index (χ0n) is 18.0. The summed E-state index contributed by atoms with van der Waals surface area (Å²) in [4.78, 5) is 26.0. The maximum atomic E-state index is 13.0. The van der Waals surface area contributed by atoms with Crippen molar-refractivity contribution in [3.8, 4) is 11.1 Å². The Labute approximate surface area is 194 Å². The predicted octanol–water partition coefficient (Wildman–Crippen LogP) is 5.53. The Bertz CT molecular complexity index is 1850. The molecule has 0 aliphatic carbocycles. The Morgan fingerprint density at radius 3 is 1.97 bits per heavy atom. The number of pyridine rings is 1. The van der Waals surface area contributed by atoms with Gasteiger partial charge in [-0.15, -0.1) is 0 Å². The van der Waals surface area contributed by atoms with Crippen LogP contribution in [0.15, 0.2) is 80.7 Å². The standard InChI is InChI=1S/C27H16F3NO4/c28-27(29,30)16-4-1-14(2-5-16)15-3-9-21-20(13-15)17-6-7-18-23-19(8-10-22(35-21)24(17)23)26(34)31(11-12-32)25(18)33/h1-10,13,32H,11-12H2. The highest BCUT2D eigenvalue weighted by atomic mass is 19.4. The molecule has 0 aliphatic rings. The van der Waals surface area contributed by atoms with Gasteiger partial charge in [0.05, 0.1) is 18.7 Å². The molecule has 1 N–H and O–H groups in total. The van der Waals surface area contributed by atoms with Gasteiger partial charge in [-0.3, -0.25) is 14.2 Å². The molecule has 5 nitrogen and oxygen atoms in total. The van der Waals surface area contributed by atoms with Gasteiger partial charge in [0.15, 0.2) is 0 Å². The fraction of sp³-hybridized carbons (Fsp3) is 0.111. The van der Waals surface area contributed by atoms with Crippen molar-refractivity contribution >= 4 is 43.5 Å². The molecule has 0 atom stereocenters. The van der Waals surface area contributed by atoms with E-state index < -0.39 is 22.9 Å². The third-order valence-corrected chi connectivity index (χ3v) is 6.43. The van der Waals surface area contributed by atoms with E-state index in [2.05, 4.69) is 0 Å². The normalized spacial score (nSPS) is 12.5. The highest BCUT2D eigenvalue weighted by molar-refractivity contribution is 6.26. The number of aliphatic hydroxyl groups is 1. The van der Waals surface area contributed by atoms with Crippen LogP contribution >= 0.6 is 0 Å². The molecule has 0 radical (unpaired) electrons. The average Bonchev–Trinajstić information content (AvgIpc) is 2.85. The smallest absolute Gasteiger partial charge is 0.416 e. The number of benzene rings is 4. The summed E-state index contributed by atoms with van der Waals surface area (Å²) in [6, 6.07) is 17.0. The molecule has 0 bridgehead atoms. The van der Waals surface area contributed by atoms with Crippen LogP contribution < -0.4 is 11.1 Å². The van der Waals surface area contributed by atoms with Gasteiger partial charge in [-0.05, 0) is 59.0 Å². The Morgan fingerprint density at radius 1 is 0.714 bits per heavy atom. The molecule has 6 rings (SSSR count). The molecule has 0 saturated heterocycles. The van der Waals surface area contributed by atoms with Gasteiger partial charge in [0.1, 0.15) is 11.2 Å². The molecule has 2 heterocycles. The molecule has 0 unspecified atom stereocenters. The fourth-order valence-corrected chi connectivity index (χ4v) is 4.80. The molecule has 174 valence electrons. The Morgan fingerprint density at radius 2 is 1.31 bits per heavy atom. The Balaban J connectivity index is 1.65. The van der Waals surface area contributed by atoms with Crippen molar-refractivity contribution in [2.24, 2.45) is 0 Å². The maximum Gasteiger partial charge on any atom is 0.416 e. The van der Waals surface area contributed by atoms with E-state index in [0.717, 1.165) is 22.1 Å². The first-order valence-electron chi connectivity index (χ1n) is 10.8. The van der Waals surface area contributed by atoms with E-state index in [9.17, 15) is 27.9 Å². The zero-order chi connectivity index (χ0) is 24.5. The summed E-state index contributed by atoms with van der Waals surface area (Å²) in [7, 11) is 0. The summed E-state index contributed by atoms with van der Waals surface area (Å²) < 4.78 is 46.0. The van der Waals surface area contributed by atoms with E-state index >= 15 is 0 Å². The van der Waals surface area contributed by atoms with Crippen LogP contribution in [0.4, 0.5) is 13.2 Å². The monoisotopic (exact) mass is 475 g/mol. The maximum absolute atomic E-state index is 13.0. The summed E-state index contributed by atoms with van der Waals surface area (Å²) >= 11 is 0. The van der Waals surface area contributed by atoms with Crippen LogP contribution in [-0.2, 0) is 12.7 Å². The summed E-state index contributed by atoms with van der Waals surface area (Å²) in [5.74, 6) is 0. The van der Waals surface area contributed by atoms with Crippen molar-refractivity contribution in [3.63, 3.8) is 0 Å². The summed E-state index contributed by atoms with van der Waals surface area (Å²) in [6.07, 6.45) is -4.41. The fourth-order valence-electron chi connectivity index (χ4n) is 4.80. The van der Waals surface area contributed by atoms with Gasteiger partial charge < -0.3 is 9.52 Å². The second-order valence-electron chi connectivity index (χ2n) is 8.40. The first-order chi connectivity index (χ1) is 16.8. The zero-order valence-corrected chi connectivity index (χ0v) is 18.0. The van der Waals surface area contributed by atoms with Gasteiger partial charge in [0, 0.05) is 26.9 Å². The quantitative estimate of drug-likeness (QED) is 0.270. The number of nitrogens with zero attached hydrogens (tertiary/aromatic N) is 1. The van der Waals surface area contributed by atoms with Gasteiger partial charge in [0.2, 0.25) is 0 Å². The number of rotatable bonds is 3. The number of hydrogen-bond acceptors (Lipinski definition) is 4. The van der Waals surface area contributed by atoms with Crippen LogP contribution in [0, 0.1) is 0 Å². The lowest BCUT2D eigenvalue weighted by Gasteiger charge is -2.14. The Kier molecular flexibility index (Phi) is 4.53. The second kappa shape index (κ2) is 7.41. The number of aromatic nitrogens is 1. The summed E-state index contributed by atoms with van der Waals surface area (Å²) in [6.45, 7) is -0.437. The molecule has 0 spiro atoms. The van der Waals surface area contributed by atoms with E-state index in [1.807, 2.05) is 6.07 Å². The van der Waals surface area contributed by atoms with Gasteiger partial charge in [-0.25, -0.2) is 0 Å². The van der Waals surface area contributed by atoms with Crippen molar-refractivity contribution in [1.29, 1.82) is 0 Å². The predicted molar refractivity (Wildman–Crippen MR) is 128 cm³/mol. The van der Waals surface area contributed by atoms with Crippen LogP contribution in [0.2, 0.25) is 0 Å². The number of hydrogen-bond donors (Lipinski definition) is 1. The molecule has 0 saturated carbocycles. The van der Waals surface area contributed by atoms with E-state index in [0.29, 0.717) is 49.2 Å². The molecular formula is C27H16F3NO4.